The van der Waals surface area contributed by atoms with Gasteiger partial charge < -0.3 is 14.2 Å². The molecule has 0 heterocycles. The van der Waals surface area contributed by atoms with Crippen LogP contribution in [-0.2, 0) is 0 Å². The summed E-state index contributed by atoms with van der Waals surface area (Å²) in [6, 6.07) is 12.4. The number of allylic oxidation sites excluding steroid dienone is 1. The van der Waals surface area contributed by atoms with Crippen LogP contribution in [0.2, 0.25) is 0 Å². The van der Waals surface area contributed by atoms with E-state index in [1.54, 1.807) is 24.3 Å². The molecule has 0 radical (unpaired) electrons. The van der Waals surface area contributed by atoms with Crippen LogP contribution in [-0.4, -0.2) is 27.1 Å². The van der Waals surface area contributed by atoms with Crippen molar-refractivity contribution < 1.29 is 19.0 Å². The minimum atomic E-state index is -0.337. The quantitative estimate of drug-likeness (QED) is 0.455. The lowest BCUT2D eigenvalue weighted by Crippen LogP contribution is -2.02. The van der Waals surface area contributed by atoms with E-state index >= 15 is 0 Å². The molecule has 0 unspecified atom stereocenters. The molecule has 0 saturated heterocycles. The molecule has 25 heavy (non-hydrogen) atoms. The van der Waals surface area contributed by atoms with Crippen LogP contribution >= 0.6 is 0 Å². The highest BCUT2D eigenvalue weighted by Gasteiger charge is 2.15. The highest BCUT2D eigenvalue weighted by molar-refractivity contribution is 6.14. The summed E-state index contributed by atoms with van der Waals surface area (Å²) >= 11 is 0. The molecule has 0 N–H and O–H groups in total. The highest BCUT2D eigenvalue weighted by Crippen LogP contribution is 2.38. The van der Waals surface area contributed by atoms with Gasteiger partial charge in [0.2, 0.25) is 11.5 Å². The van der Waals surface area contributed by atoms with Crippen LogP contribution in [0.3, 0.4) is 0 Å². The van der Waals surface area contributed by atoms with Gasteiger partial charge in [0.05, 0.1) is 21.3 Å². The van der Waals surface area contributed by atoms with Crippen molar-refractivity contribution in [3.8, 4) is 23.3 Å². The number of benzene rings is 2. The van der Waals surface area contributed by atoms with E-state index in [4.69, 9.17) is 14.2 Å². The largest absolute Gasteiger partial charge is 0.493 e. The molecule has 5 heteroatoms. The summed E-state index contributed by atoms with van der Waals surface area (Å²) in [6.45, 7) is 1.94. The molecule has 0 aliphatic heterocycles. The highest BCUT2D eigenvalue weighted by atomic mass is 16.5. The lowest BCUT2D eigenvalue weighted by molar-refractivity contribution is 0.104. The fourth-order valence-corrected chi connectivity index (χ4v) is 2.36. The number of nitriles is 1. The number of ketones is 1. The van der Waals surface area contributed by atoms with Gasteiger partial charge in [0.15, 0.2) is 11.5 Å². The van der Waals surface area contributed by atoms with Crippen LogP contribution < -0.4 is 14.2 Å². The third-order valence-corrected chi connectivity index (χ3v) is 3.68. The zero-order chi connectivity index (χ0) is 18.4. The second kappa shape index (κ2) is 8.02. The van der Waals surface area contributed by atoms with E-state index in [2.05, 4.69) is 0 Å². The summed E-state index contributed by atoms with van der Waals surface area (Å²) in [5.41, 5.74) is 2.14. The van der Waals surface area contributed by atoms with E-state index in [9.17, 15) is 10.1 Å². The third kappa shape index (κ3) is 3.99. The number of methoxy groups -OCH3 is 3. The minimum absolute atomic E-state index is 0.0260. The van der Waals surface area contributed by atoms with Gasteiger partial charge >= 0.3 is 0 Å². The van der Waals surface area contributed by atoms with Crippen LogP contribution in [0, 0.1) is 18.3 Å². The maximum absolute atomic E-state index is 12.5. The average molecular weight is 337 g/mol. The van der Waals surface area contributed by atoms with Crippen molar-refractivity contribution in [1.29, 1.82) is 5.26 Å². The Hall–Kier alpha value is -3.26. The molecule has 0 bridgehead atoms. The predicted octanol–water partition coefficient (Wildman–Crippen LogP) is 3.81. The molecule has 2 rings (SSSR count). The number of aryl methyl sites for hydroxylation is 1. The molecule has 2 aromatic carbocycles. The maximum atomic E-state index is 12.5. The summed E-state index contributed by atoms with van der Waals surface area (Å²) in [4.78, 5) is 12.5. The first-order chi connectivity index (χ1) is 12.0. The number of nitrogens with zero attached hydrogens (tertiary/aromatic N) is 1. The van der Waals surface area contributed by atoms with Crippen molar-refractivity contribution in [2.75, 3.05) is 21.3 Å². The topological polar surface area (TPSA) is 68.5 Å². The van der Waals surface area contributed by atoms with Gasteiger partial charge in [-0.05, 0) is 30.7 Å². The van der Waals surface area contributed by atoms with Gasteiger partial charge in [-0.1, -0.05) is 29.8 Å². The zero-order valence-corrected chi connectivity index (χ0v) is 14.6. The second-order valence-electron chi connectivity index (χ2n) is 5.32. The second-order valence-corrected chi connectivity index (χ2v) is 5.32. The molecular formula is C20H19NO4. The monoisotopic (exact) mass is 337 g/mol. The molecule has 0 atom stereocenters. The molecule has 0 amide bonds. The first-order valence-electron chi connectivity index (χ1n) is 7.57. The average Bonchev–Trinajstić information content (AvgIpc) is 2.65. The number of hydrogen-bond acceptors (Lipinski definition) is 5. The van der Waals surface area contributed by atoms with Gasteiger partial charge in [-0.3, -0.25) is 4.79 Å². The SMILES string of the molecule is COc1cc(/C=C(\C#N)C(=O)c2ccc(C)cc2)cc(OC)c1OC. The minimum Gasteiger partial charge on any atom is -0.493 e. The van der Waals surface area contributed by atoms with Gasteiger partial charge in [-0.25, -0.2) is 0 Å². The van der Waals surface area contributed by atoms with Crippen LogP contribution in [0.25, 0.3) is 6.08 Å². The first kappa shape index (κ1) is 18.1. The number of carbonyl (C=O) groups is 1. The smallest absolute Gasteiger partial charge is 0.203 e. The van der Waals surface area contributed by atoms with Gasteiger partial charge in [0, 0.05) is 5.56 Å². The number of Topliss-reactive ketones (excluding diaryl/α,β-unsaturated/α-hetero) is 1. The maximum Gasteiger partial charge on any atom is 0.203 e. The fraction of sp³-hybridized carbons (Fsp3) is 0.200. The molecule has 2 aromatic rings. The van der Waals surface area contributed by atoms with Gasteiger partial charge in [-0.15, -0.1) is 0 Å². The van der Waals surface area contributed by atoms with Crippen molar-refractivity contribution in [2.24, 2.45) is 0 Å². The Bertz CT molecular complexity index is 820. The lowest BCUT2D eigenvalue weighted by Gasteiger charge is -2.13. The van der Waals surface area contributed by atoms with E-state index in [1.165, 1.54) is 27.4 Å². The van der Waals surface area contributed by atoms with E-state index in [0.717, 1.165) is 5.56 Å². The molecule has 0 fully saturated rings. The molecule has 0 aromatic heterocycles. The first-order valence-corrected chi connectivity index (χ1v) is 7.57. The Morgan fingerprint density at radius 1 is 1.00 bits per heavy atom. The molecule has 0 aliphatic carbocycles. The number of ether oxygens (including phenoxy) is 3. The van der Waals surface area contributed by atoms with Crippen molar-refractivity contribution in [3.63, 3.8) is 0 Å². The Morgan fingerprint density at radius 2 is 1.56 bits per heavy atom. The predicted molar refractivity (Wildman–Crippen MR) is 95.2 cm³/mol. The summed E-state index contributed by atoms with van der Waals surface area (Å²) in [7, 11) is 4.53. The van der Waals surface area contributed by atoms with Crippen LogP contribution in [0.1, 0.15) is 21.5 Å². The Kier molecular flexibility index (Phi) is 5.80. The van der Waals surface area contributed by atoms with Gasteiger partial charge in [0.25, 0.3) is 0 Å². The Balaban J connectivity index is 2.47. The normalized spacial score (nSPS) is 10.8. The van der Waals surface area contributed by atoms with E-state index in [1.807, 2.05) is 25.1 Å². The Morgan fingerprint density at radius 3 is 2.00 bits per heavy atom. The number of rotatable bonds is 6. The lowest BCUT2D eigenvalue weighted by atomic mass is 10.0. The van der Waals surface area contributed by atoms with E-state index in [-0.39, 0.29) is 11.4 Å². The number of carbonyl (C=O) groups excluding carboxylic acids is 1. The van der Waals surface area contributed by atoms with Crippen LogP contribution in [0.15, 0.2) is 42.0 Å². The number of hydrogen-bond donors (Lipinski definition) is 0. The Labute approximate surface area is 147 Å². The molecular weight excluding hydrogens is 318 g/mol. The molecule has 128 valence electrons. The fourth-order valence-electron chi connectivity index (χ4n) is 2.36. The van der Waals surface area contributed by atoms with Crippen molar-refractivity contribution in [3.05, 3.63) is 58.7 Å². The van der Waals surface area contributed by atoms with Crippen molar-refractivity contribution in [1.82, 2.24) is 0 Å². The summed E-state index contributed by atoms with van der Waals surface area (Å²) < 4.78 is 15.9. The van der Waals surface area contributed by atoms with Crippen LogP contribution in [0.5, 0.6) is 17.2 Å². The summed E-state index contributed by atoms with van der Waals surface area (Å²) in [5.74, 6) is 1.02. The standard InChI is InChI=1S/C20H19NO4/c1-13-5-7-15(8-6-13)19(22)16(12-21)9-14-10-17(23-2)20(25-4)18(11-14)24-3/h5-11H,1-4H3/b16-9+. The van der Waals surface area contributed by atoms with Gasteiger partial charge in [0.1, 0.15) is 11.6 Å². The van der Waals surface area contributed by atoms with Crippen LogP contribution in [0.4, 0.5) is 0 Å². The molecule has 5 nitrogen and oxygen atoms in total. The van der Waals surface area contributed by atoms with E-state index < -0.39 is 0 Å². The zero-order valence-electron chi connectivity index (χ0n) is 14.6. The van der Waals surface area contributed by atoms with Gasteiger partial charge in [-0.2, -0.15) is 5.26 Å². The summed E-state index contributed by atoms with van der Waals surface area (Å²) in [6.07, 6.45) is 1.51. The molecule has 0 spiro atoms. The third-order valence-electron chi connectivity index (χ3n) is 3.68. The van der Waals surface area contributed by atoms with Crippen molar-refractivity contribution in [2.45, 2.75) is 6.92 Å². The van der Waals surface area contributed by atoms with Crippen molar-refractivity contribution >= 4 is 11.9 Å². The molecule has 0 aliphatic rings. The summed E-state index contributed by atoms with van der Waals surface area (Å²) in [5, 5.41) is 9.40. The van der Waals surface area contributed by atoms with E-state index in [0.29, 0.717) is 28.4 Å². The molecule has 0 saturated carbocycles.